The lowest BCUT2D eigenvalue weighted by molar-refractivity contribution is 0.133. The molecule has 0 bridgehead atoms. The van der Waals surface area contributed by atoms with Gasteiger partial charge in [0, 0.05) is 0 Å². The number of hydrogen-bond acceptors (Lipinski definition) is 5. The molecule has 3 aliphatic rings. The number of epoxide rings is 3. The molecule has 1 N–H and O–H groups in total. The van der Waals surface area contributed by atoms with Crippen LogP contribution in [0, 0.1) is 0 Å². The summed E-state index contributed by atoms with van der Waals surface area (Å²) in [6.45, 7) is 11.3. The van der Waals surface area contributed by atoms with Crippen LogP contribution in [0.5, 0.6) is 0 Å². The van der Waals surface area contributed by atoms with Gasteiger partial charge in [0.15, 0.2) is 0 Å². The summed E-state index contributed by atoms with van der Waals surface area (Å²) in [6, 6.07) is 8.16. The molecule has 0 saturated carbocycles. The number of ether oxygens (including phenoxy) is 4. The number of unbranched alkanes of at least 4 members (excludes halogenated alkanes) is 11. The smallest absolute Gasteiger partial charge is 0.407 e. The Balaban J connectivity index is 0.884. The van der Waals surface area contributed by atoms with Crippen LogP contribution in [0.3, 0.4) is 0 Å². The van der Waals surface area contributed by atoms with Crippen molar-refractivity contribution < 1.29 is 23.7 Å². The number of hydrogen-bond donors (Lipinski definition) is 1. The van der Waals surface area contributed by atoms with Gasteiger partial charge in [-0.2, -0.15) is 0 Å². The van der Waals surface area contributed by atoms with Crippen molar-refractivity contribution in [1.29, 1.82) is 0 Å². The molecule has 4 rings (SSSR count). The fraction of sp³-hybridized carbons (Fsp3) is 0.727. The number of amides is 1. The molecular weight excluding hydrogens is 490 g/mol. The zero-order valence-electron chi connectivity index (χ0n) is 24.6. The van der Waals surface area contributed by atoms with Gasteiger partial charge in [-0.3, -0.25) is 0 Å². The Kier molecular flexibility index (Phi) is 11.3. The largest absolute Gasteiger partial charge is 0.450 e. The third-order valence-electron chi connectivity index (χ3n) is 8.36. The molecule has 39 heavy (non-hydrogen) atoms. The minimum atomic E-state index is -0.485. The molecule has 3 aliphatic heterocycles. The standard InChI is InChI=1S/C33H51NO5/c1-24(2)25-18-20-26(21-19-25)33(3,4)34-32(35)36-22-16-14-12-10-8-6-5-7-9-11-13-15-17-27-29(38-27)31-30(39-31)28-23-37-28/h18-21,27-31H,1,5-17,22-23H2,2-4H3,(H,34,35). The summed E-state index contributed by atoms with van der Waals surface area (Å²) in [6.07, 6.45) is 17.9. The minimum Gasteiger partial charge on any atom is -0.450 e. The fourth-order valence-corrected chi connectivity index (χ4v) is 5.54. The molecule has 1 aromatic carbocycles. The molecule has 0 radical (unpaired) electrons. The molecule has 6 nitrogen and oxygen atoms in total. The normalized spacial score (nSPS) is 25.3. The van der Waals surface area contributed by atoms with Gasteiger partial charge in [-0.15, -0.1) is 0 Å². The lowest BCUT2D eigenvalue weighted by Gasteiger charge is -2.26. The van der Waals surface area contributed by atoms with Gasteiger partial charge in [0.25, 0.3) is 0 Å². The molecule has 6 heteroatoms. The molecule has 0 aliphatic carbocycles. The van der Waals surface area contributed by atoms with Crippen LogP contribution in [0.15, 0.2) is 30.8 Å². The second-order valence-corrected chi connectivity index (χ2v) is 12.4. The van der Waals surface area contributed by atoms with E-state index in [-0.39, 0.29) is 6.09 Å². The number of carbonyl (C=O) groups is 1. The van der Waals surface area contributed by atoms with Crippen molar-refractivity contribution in [3.8, 4) is 0 Å². The quantitative estimate of drug-likeness (QED) is 0.135. The topological polar surface area (TPSA) is 75.9 Å². The number of allylic oxidation sites excluding steroid dienone is 1. The van der Waals surface area contributed by atoms with Gasteiger partial charge in [-0.1, -0.05) is 107 Å². The monoisotopic (exact) mass is 541 g/mol. The van der Waals surface area contributed by atoms with Crippen molar-refractivity contribution in [2.45, 2.75) is 140 Å². The highest BCUT2D eigenvalue weighted by molar-refractivity contribution is 5.68. The van der Waals surface area contributed by atoms with E-state index >= 15 is 0 Å². The average molecular weight is 542 g/mol. The lowest BCUT2D eigenvalue weighted by Crippen LogP contribution is -2.41. The van der Waals surface area contributed by atoms with Crippen LogP contribution >= 0.6 is 0 Å². The molecule has 0 spiro atoms. The van der Waals surface area contributed by atoms with Gasteiger partial charge in [-0.05, 0) is 44.7 Å². The maximum atomic E-state index is 12.3. The first-order valence-electron chi connectivity index (χ1n) is 15.5. The third kappa shape index (κ3) is 10.2. The Morgan fingerprint density at radius 2 is 1.44 bits per heavy atom. The second-order valence-electron chi connectivity index (χ2n) is 12.4. The number of alkyl carbamates (subject to hydrolysis) is 1. The second kappa shape index (κ2) is 14.7. The van der Waals surface area contributed by atoms with Crippen molar-refractivity contribution in [3.63, 3.8) is 0 Å². The van der Waals surface area contributed by atoms with E-state index in [9.17, 15) is 4.79 Å². The van der Waals surface area contributed by atoms with E-state index in [4.69, 9.17) is 18.9 Å². The maximum absolute atomic E-state index is 12.3. The predicted octanol–water partition coefficient (Wildman–Crippen LogP) is 7.69. The van der Waals surface area contributed by atoms with Gasteiger partial charge in [0.2, 0.25) is 0 Å². The molecular formula is C33H51NO5. The van der Waals surface area contributed by atoms with E-state index in [1.807, 2.05) is 45.0 Å². The van der Waals surface area contributed by atoms with Crippen molar-refractivity contribution in [2.24, 2.45) is 0 Å². The highest BCUT2D eigenvalue weighted by Crippen LogP contribution is 2.44. The molecule has 3 saturated heterocycles. The Morgan fingerprint density at radius 3 is 2.00 bits per heavy atom. The lowest BCUT2D eigenvalue weighted by atomic mass is 9.93. The van der Waals surface area contributed by atoms with Crippen LogP contribution in [-0.4, -0.2) is 49.8 Å². The molecule has 1 amide bonds. The Morgan fingerprint density at radius 1 is 0.872 bits per heavy atom. The van der Waals surface area contributed by atoms with Crippen LogP contribution in [0.25, 0.3) is 5.57 Å². The minimum absolute atomic E-state index is 0.330. The SMILES string of the molecule is C=C(C)c1ccc(C(C)(C)NC(=O)OCCCCCCCCCCCCCCC2OC2C2OC2C2CO2)cc1. The summed E-state index contributed by atoms with van der Waals surface area (Å²) in [7, 11) is 0. The van der Waals surface area contributed by atoms with Gasteiger partial charge in [0.1, 0.15) is 24.4 Å². The highest BCUT2D eigenvalue weighted by atomic mass is 16.7. The summed E-state index contributed by atoms with van der Waals surface area (Å²) < 4.78 is 22.2. The number of benzene rings is 1. The van der Waals surface area contributed by atoms with E-state index in [1.165, 1.54) is 70.6 Å². The Bertz CT molecular complexity index is 909. The van der Waals surface area contributed by atoms with E-state index in [2.05, 4.69) is 11.9 Å². The number of nitrogens with one attached hydrogen (secondary N) is 1. The van der Waals surface area contributed by atoms with Crippen molar-refractivity contribution in [2.75, 3.05) is 13.2 Å². The zero-order valence-corrected chi connectivity index (χ0v) is 24.6. The van der Waals surface area contributed by atoms with Crippen molar-refractivity contribution in [1.82, 2.24) is 5.32 Å². The molecule has 1 aromatic rings. The predicted molar refractivity (Wildman–Crippen MR) is 156 cm³/mol. The number of carbonyl (C=O) groups excluding carboxylic acids is 1. The number of rotatable bonds is 20. The molecule has 5 atom stereocenters. The summed E-state index contributed by atoms with van der Waals surface area (Å²) >= 11 is 0. The average Bonchev–Trinajstić information content (AvgIpc) is 3.76. The van der Waals surface area contributed by atoms with E-state index in [0.29, 0.717) is 37.1 Å². The van der Waals surface area contributed by atoms with Crippen molar-refractivity contribution in [3.05, 3.63) is 42.0 Å². The Hall–Kier alpha value is -1.89. The molecule has 3 fully saturated rings. The van der Waals surface area contributed by atoms with Gasteiger partial charge >= 0.3 is 6.09 Å². The fourth-order valence-electron chi connectivity index (χ4n) is 5.54. The van der Waals surface area contributed by atoms with E-state index < -0.39 is 5.54 Å². The zero-order chi connectivity index (χ0) is 27.7. The van der Waals surface area contributed by atoms with Gasteiger partial charge < -0.3 is 24.3 Å². The van der Waals surface area contributed by atoms with Crippen LogP contribution < -0.4 is 5.32 Å². The van der Waals surface area contributed by atoms with Crippen molar-refractivity contribution >= 4 is 11.7 Å². The summed E-state index contributed by atoms with van der Waals surface area (Å²) in [5, 5.41) is 2.99. The van der Waals surface area contributed by atoms with Gasteiger partial charge in [0.05, 0.1) is 24.9 Å². The molecule has 218 valence electrons. The summed E-state index contributed by atoms with van der Waals surface area (Å²) in [5.41, 5.74) is 2.70. The molecule has 0 aromatic heterocycles. The molecule has 5 unspecified atom stereocenters. The highest BCUT2D eigenvalue weighted by Gasteiger charge is 2.61. The van der Waals surface area contributed by atoms with E-state index in [1.54, 1.807) is 0 Å². The third-order valence-corrected chi connectivity index (χ3v) is 8.36. The van der Waals surface area contributed by atoms with E-state index in [0.717, 1.165) is 36.1 Å². The summed E-state index contributed by atoms with van der Waals surface area (Å²) in [5.74, 6) is 0. The first-order valence-corrected chi connectivity index (χ1v) is 15.5. The van der Waals surface area contributed by atoms with Gasteiger partial charge in [-0.25, -0.2) is 4.79 Å². The van der Waals surface area contributed by atoms with Crippen LogP contribution in [0.1, 0.15) is 115 Å². The molecule has 3 heterocycles. The van der Waals surface area contributed by atoms with Crippen LogP contribution in [-0.2, 0) is 24.5 Å². The maximum Gasteiger partial charge on any atom is 0.407 e. The Labute approximate surface area is 236 Å². The van der Waals surface area contributed by atoms with Crippen LogP contribution in [0.4, 0.5) is 4.79 Å². The van der Waals surface area contributed by atoms with Crippen LogP contribution in [0.2, 0.25) is 0 Å². The summed E-state index contributed by atoms with van der Waals surface area (Å²) in [4.78, 5) is 12.3. The first kappa shape index (κ1) is 30.1. The first-order chi connectivity index (χ1) is 18.8.